The molecule has 0 bridgehead atoms. The zero-order valence-electron chi connectivity index (χ0n) is 8.04. The third-order valence-electron chi connectivity index (χ3n) is 2.35. The van der Waals surface area contributed by atoms with Crippen LogP contribution in [0.4, 0.5) is 0 Å². The van der Waals surface area contributed by atoms with Crippen molar-refractivity contribution in [3.8, 4) is 0 Å². The SMILES string of the molecule is CC(=O)c1ccc2c(c1)c(Br)cn2C. The summed E-state index contributed by atoms with van der Waals surface area (Å²) in [4.78, 5) is 11.2. The Morgan fingerprint density at radius 3 is 2.79 bits per heavy atom. The first kappa shape index (κ1) is 9.46. The van der Waals surface area contributed by atoms with Gasteiger partial charge in [-0.3, -0.25) is 4.79 Å². The lowest BCUT2D eigenvalue weighted by atomic mass is 10.1. The second-order valence-corrected chi connectivity index (χ2v) is 4.23. The number of aryl methyl sites for hydroxylation is 1. The molecule has 0 N–H and O–H groups in total. The highest BCUT2D eigenvalue weighted by atomic mass is 79.9. The normalized spacial score (nSPS) is 10.8. The molecule has 0 aliphatic heterocycles. The fourth-order valence-electron chi connectivity index (χ4n) is 1.56. The van der Waals surface area contributed by atoms with Crippen molar-refractivity contribution in [3.05, 3.63) is 34.4 Å². The number of benzene rings is 1. The average molecular weight is 252 g/mol. The van der Waals surface area contributed by atoms with Gasteiger partial charge < -0.3 is 4.57 Å². The molecule has 2 aromatic rings. The van der Waals surface area contributed by atoms with Crippen molar-refractivity contribution in [2.24, 2.45) is 7.05 Å². The standard InChI is InChI=1S/C11H10BrNO/c1-7(14)8-3-4-11-9(5-8)10(12)6-13(11)2/h3-6H,1-2H3. The van der Waals surface area contributed by atoms with Crippen LogP contribution in [0, 0.1) is 0 Å². The number of fused-ring (bicyclic) bond motifs is 1. The topological polar surface area (TPSA) is 22.0 Å². The van der Waals surface area contributed by atoms with Crippen molar-refractivity contribution >= 4 is 32.6 Å². The Hall–Kier alpha value is -1.09. The quantitative estimate of drug-likeness (QED) is 0.714. The minimum Gasteiger partial charge on any atom is -0.349 e. The molecule has 0 amide bonds. The van der Waals surface area contributed by atoms with Crippen molar-refractivity contribution < 1.29 is 4.79 Å². The molecule has 0 aliphatic rings. The first-order valence-electron chi connectivity index (χ1n) is 4.35. The van der Waals surface area contributed by atoms with Crippen LogP contribution >= 0.6 is 15.9 Å². The third-order valence-corrected chi connectivity index (χ3v) is 2.98. The average Bonchev–Trinajstić information content (AvgIpc) is 2.42. The summed E-state index contributed by atoms with van der Waals surface area (Å²) < 4.78 is 3.06. The molecule has 0 saturated heterocycles. The van der Waals surface area contributed by atoms with Crippen LogP contribution in [-0.2, 0) is 7.05 Å². The number of aromatic nitrogens is 1. The zero-order chi connectivity index (χ0) is 10.3. The Labute approximate surface area is 90.7 Å². The van der Waals surface area contributed by atoms with Crippen LogP contribution in [0.1, 0.15) is 17.3 Å². The fraction of sp³-hybridized carbons (Fsp3) is 0.182. The van der Waals surface area contributed by atoms with Gasteiger partial charge in [-0.1, -0.05) is 0 Å². The van der Waals surface area contributed by atoms with Crippen molar-refractivity contribution in [3.63, 3.8) is 0 Å². The zero-order valence-corrected chi connectivity index (χ0v) is 9.63. The van der Waals surface area contributed by atoms with Gasteiger partial charge in [-0.2, -0.15) is 0 Å². The number of carbonyl (C=O) groups excluding carboxylic acids is 1. The highest BCUT2D eigenvalue weighted by Gasteiger charge is 2.06. The Morgan fingerprint density at radius 2 is 2.14 bits per heavy atom. The molecule has 0 spiro atoms. The van der Waals surface area contributed by atoms with E-state index in [1.807, 2.05) is 36.0 Å². The summed E-state index contributed by atoms with van der Waals surface area (Å²) in [6, 6.07) is 5.75. The van der Waals surface area contributed by atoms with Gasteiger partial charge in [0.15, 0.2) is 5.78 Å². The molecule has 0 fully saturated rings. The maximum Gasteiger partial charge on any atom is 0.159 e. The van der Waals surface area contributed by atoms with E-state index in [-0.39, 0.29) is 5.78 Å². The maximum absolute atomic E-state index is 11.2. The molecular weight excluding hydrogens is 242 g/mol. The third kappa shape index (κ3) is 1.38. The lowest BCUT2D eigenvalue weighted by molar-refractivity contribution is 0.101. The van der Waals surface area contributed by atoms with Crippen LogP contribution in [0.3, 0.4) is 0 Å². The predicted molar refractivity (Wildman–Crippen MR) is 60.6 cm³/mol. The Morgan fingerprint density at radius 1 is 1.43 bits per heavy atom. The summed E-state index contributed by atoms with van der Waals surface area (Å²) in [5.41, 5.74) is 1.88. The smallest absolute Gasteiger partial charge is 0.159 e. The van der Waals surface area contributed by atoms with Crippen LogP contribution in [0.5, 0.6) is 0 Å². The summed E-state index contributed by atoms with van der Waals surface area (Å²) in [6.07, 6.45) is 1.99. The lowest BCUT2D eigenvalue weighted by Crippen LogP contribution is -1.91. The molecule has 0 atom stereocenters. The Balaban J connectivity index is 2.77. The van der Waals surface area contributed by atoms with Crippen molar-refractivity contribution in [1.82, 2.24) is 4.57 Å². The van der Waals surface area contributed by atoms with Crippen molar-refractivity contribution in [2.45, 2.75) is 6.92 Å². The summed E-state index contributed by atoms with van der Waals surface area (Å²) in [5, 5.41) is 1.08. The monoisotopic (exact) mass is 251 g/mol. The summed E-state index contributed by atoms with van der Waals surface area (Å²) in [7, 11) is 1.99. The largest absolute Gasteiger partial charge is 0.349 e. The van der Waals surface area contributed by atoms with Gasteiger partial charge in [0, 0.05) is 34.2 Å². The van der Waals surface area contributed by atoms with E-state index in [2.05, 4.69) is 15.9 Å². The molecule has 3 heteroatoms. The molecule has 2 nitrogen and oxygen atoms in total. The summed E-state index contributed by atoms with van der Waals surface area (Å²) >= 11 is 3.47. The number of nitrogens with zero attached hydrogens (tertiary/aromatic N) is 1. The van der Waals surface area contributed by atoms with Gasteiger partial charge in [0.05, 0.1) is 0 Å². The minimum absolute atomic E-state index is 0.0997. The van der Waals surface area contributed by atoms with Gasteiger partial charge in [0.25, 0.3) is 0 Å². The minimum atomic E-state index is 0.0997. The lowest BCUT2D eigenvalue weighted by Gasteiger charge is -1.98. The molecule has 14 heavy (non-hydrogen) atoms. The van der Waals surface area contributed by atoms with E-state index in [1.54, 1.807) is 6.92 Å². The van der Waals surface area contributed by atoms with Crippen LogP contribution in [0.15, 0.2) is 28.9 Å². The number of Topliss-reactive ketones (excluding diaryl/α,β-unsaturated/α-hetero) is 1. The highest BCUT2D eigenvalue weighted by Crippen LogP contribution is 2.26. The molecule has 0 radical (unpaired) electrons. The highest BCUT2D eigenvalue weighted by molar-refractivity contribution is 9.10. The van der Waals surface area contributed by atoms with Gasteiger partial charge in [-0.15, -0.1) is 0 Å². The fourth-order valence-corrected chi connectivity index (χ4v) is 2.19. The first-order valence-corrected chi connectivity index (χ1v) is 5.14. The van der Waals surface area contributed by atoms with E-state index in [4.69, 9.17) is 0 Å². The van der Waals surface area contributed by atoms with E-state index >= 15 is 0 Å². The van der Waals surface area contributed by atoms with Crippen molar-refractivity contribution in [2.75, 3.05) is 0 Å². The molecule has 1 aromatic heterocycles. The molecule has 72 valence electrons. The molecule has 0 saturated carbocycles. The summed E-state index contributed by atoms with van der Waals surface area (Å²) in [5.74, 6) is 0.0997. The Bertz CT molecular complexity index is 513. The van der Waals surface area contributed by atoms with Crippen molar-refractivity contribution in [1.29, 1.82) is 0 Å². The number of ketones is 1. The van der Waals surface area contributed by atoms with Crippen LogP contribution < -0.4 is 0 Å². The summed E-state index contributed by atoms with van der Waals surface area (Å²) in [6.45, 7) is 1.58. The molecule has 1 aromatic carbocycles. The number of rotatable bonds is 1. The molecular formula is C11H10BrNO. The second kappa shape index (κ2) is 3.24. The van der Waals surface area contributed by atoms with E-state index in [9.17, 15) is 4.79 Å². The van der Waals surface area contributed by atoms with Gasteiger partial charge >= 0.3 is 0 Å². The van der Waals surface area contributed by atoms with Gasteiger partial charge in [-0.05, 0) is 41.1 Å². The molecule has 1 heterocycles. The Kier molecular flexibility index (Phi) is 2.19. The van der Waals surface area contributed by atoms with Crippen LogP contribution in [0.2, 0.25) is 0 Å². The van der Waals surface area contributed by atoms with Gasteiger partial charge in [-0.25, -0.2) is 0 Å². The number of halogens is 1. The number of hydrogen-bond acceptors (Lipinski definition) is 1. The molecule has 0 unspecified atom stereocenters. The molecule has 0 aliphatic carbocycles. The van der Waals surface area contributed by atoms with Crippen LogP contribution in [-0.4, -0.2) is 10.4 Å². The predicted octanol–water partition coefficient (Wildman–Crippen LogP) is 3.14. The number of hydrogen-bond donors (Lipinski definition) is 0. The van der Waals surface area contributed by atoms with E-state index in [0.29, 0.717) is 0 Å². The van der Waals surface area contributed by atoms with Gasteiger partial charge in [0.1, 0.15) is 0 Å². The second-order valence-electron chi connectivity index (χ2n) is 3.38. The van der Waals surface area contributed by atoms with Crippen LogP contribution in [0.25, 0.3) is 10.9 Å². The van der Waals surface area contributed by atoms with E-state index in [0.717, 1.165) is 20.9 Å². The molecule has 2 rings (SSSR count). The van der Waals surface area contributed by atoms with E-state index in [1.165, 1.54) is 0 Å². The maximum atomic E-state index is 11.2. The number of carbonyl (C=O) groups is 1. The van der Waals surface area contributed by atoms with E-state index < -0.39 is 0 Å². The first-order chi connectivity index (χ1) is 6.59. The van der Waals surface area contributed by atoms with Gasteiger partial charge in [0.2, 0.25) is 0 Å².